The van der Waals surface area contributed by atoms with Crippen molar-refractivity contribution < 1.29 is 17.7 Å². The maximum atomic E-state index is 7.17. The lowest BCUT2D eigenvalue weighted by molar-refractivity contribution is 0.590. The highest BCUT2D eigenvalue weighted by Crippen LogP contribution is 2.57. The number of nitrogens with zero attached hydrogens (tertiary/aromatic N) is 4. The second-order valence-corrected chi connectivity index (χ2v) is 32.1. The number of hydrogen-bond acceptors (Lipinski definition) is 6. The average molecular weight is 1470 g/mol. The van der Waals surface area contributed by atoms with Crippen LogP contribution in [0.3, 0.4) is 0 Å². The molecular formula is C106H67BN4O4. The zero-order chi connectivity index (χ0) is 75.6. The second-order valence-electron chi connectivity index (χ2n) is 32.1. The minimum Gasteiger partial charge on any atom is -0.456 e. The van der Waals surface area contributed by atoms with E-state index in [1.807, 2.05) is 0 Å². The lowest BCUT2D eigenvalue weighted by Crippen LogP contribution is -2.61. The molecule has 0 saturated carbocycles. The third kappa shape index (κ3) is 9.20. The van der Waals surface area contributed by atoms with Gasteiger partial charge in [-0.15, -0.1) is 0 Å². The van der Waals surface area contributed by atoms with E-state index in [0.29, 0.717) is 0 Å². The first kappa shape index (κ1) is 63.9. The van der Waals surface area contributed by atoms with Gasteiger partial charge in [0.15, 0.2) is 0 Å². The molecule has 0 saturated heterocycles. The molecular weight excluding hydrogens is 1400 g/mol. The zero-order valence-electron chi connectivity index (χ0n) is 63.0. The molecule has 0 unspecified atom stereocenters. The van der Waals surface area contributed by atoms with Crippen LogP contribution in [-0.4, -0.2) is 15.8 Å². The maximum absolute atomic E-state index is 7.17. The molecule has 8 heterocycles. The van der Waals surface area contributed by atoms with E-state index in [1.54, 1.807) is 0 Å². The third-order valence-corrected chi connectivity index (χ3v) is 24.9. The summed E-state index contributed by atoms with van der Waals surface area (Å²) in [5.74, 6) is 0. The van der Waals surface area contributed by atoms with E-state index in [0.717, 1.165) is 200 Å². The molecule has 17 aromatic carbocycles. The van der Waals surface area contributed by atoms with Crippen LogP contribution in [0, 0.1) is 0 Å². The molecule has 6 aromatic heterocycles. The molecule has 0 spiro atoms. The minimum absolute atomic E-state index is 0.319. The van der Waals surface area contributed by atoms with E-state index >= 15 is 0 Å². The Kier molecular flexibility index (Phi) is 13.3. The number of rotatable bonds is 8. The molecule has 2 aliphatic heterocycles. The Labute approximate surface area is 660 Å². The van der Waals surface area contributed by atoms with Crippen molar-refractivity contribution in [3.63, 3.8) is 0 Å². The van der Waals surface area contributed by atoms with Crippen molar-refractivity contribution in [2.45, 2.75) is 26.2 Å². The van der Waals surface area contributed by atoms with E-state index in [9.17, 15) is 0 Å². The van der Waals surface area contributed by atoms with E-state index in [2.05, 4.69) is 392 Å². The first-order chi connectivity index (χ1) is 56.7. The van der Waals surface area contributed by atoms with Gasteiger partial charge in [-0.2, -0.15) is 0 Å². The molecule has 0 bridgehead atoms. The van der Waals surface area contributed by atoms with Crippen LogP contribution in [0.4, 0.5) is 34.1 Å². The van der Waals surface area contributed by atoms with Gasteiger partial charge in [-0.3, -0.25) is 0 Å². The summed E-state index contributed by atoms with van der Waals surface area (Å²) < 4.78 is 33.4. The molecule has 23 aromatic rings. The highest BCUT2D eigenvalue weighted by molar-refractivity contribution is 7.00. The Morgan fingerprint density at radius 3 is 0.983 bits per heavy atom. The first-order valence-electron chi connectivity index (χ1n) is 39.6. The van der Waals surface area contributed by atoms with Crippen LogP contribution < -0.4 is 26.2 Å². The van der Waals surface area contributed by atoms with Crippen LogP contribution in [-0.2, 0) is 5.41 Å². The molecule has 0 fully saturated rings. The fourth-order valence-corrected chi connectivity index (χ4v) is 19.7. The van der Waals surface area contributed by atoms with Gasteiger partial charge in [0, 0.05) is 110 Å². The van der Waals surface area contributed by atoms with Crippen LogP contribution in [0.2, 0.25) is 0 Å². The molecule has 0 atom stereocenters. The van der Waals surface area contributed by atoms with Crippen molar-refractivity contribution in [2.75, 3.05) is 9.80 Å². The summed E-state index contributed by atoms with van der Waals surface area (Å²) in [6.07, 6.45) is 0. The summed E-state index contributed by atoms with van der Waals surface area (Å²) in [4.78, 5) is 5.27. The van der Waals surface area contributed by atoms with E-state index < -0.39 is 5.41 Å². The Balaban J connectivity index is 0.799. The monoisotopic (exact) mass is 1470 g/mol. The lowest BCUT2D eigenvalue weighted by Gasteiger charge is -2.46. The van der Waals surface area contributed by atoms with Gasteiger partial charge in [0.1, 0.15) is 44.7 Å². The molecule has 0 aliphatic carbocycles. The summed E-state index contributed by atoms with van der Waals surface area (Å²) in [6, 6.07) is 129. The Bertz CT molecular complexity index is 7550. The highest BCUT2D eigenvalue weighted by Gasteiger charge is 2.47. The summed E-state index contributed by atoms with van der Waals surface area (Å²) in [6.45, 7) is 6.76. The lowest BCUT2D eigenvalue weighted by atomic mass is 9.33. The summed E-state index contributed by atoms with van der Waals surface area (Å²) >= 11 is 0. The van der Waals surface area contributed by atoms with E-state index in [4.69, 9.17) is 17.7 Å². The van der Waals surface area contributed by atoms with Gasteiger partial charge >= 0.3 is 0 Å². The largest absolute Gasteiger partial charge is 0.456 e. The predicted molar refractivity (Wildman–Crippen MR) is 479 cm³/mol. The van der Waals surface area contributed by atoms with Gasteiger partial charge in [-0.05, 0) is 171 Å². The summed E-state index contributed by atoms with van der Waals surface area (Å²) in [7, 11) is 0. The molecule has 2 aliphatic rings. The number of aromatic nitrogens is 2. The summed E-state index contributed by atoms with van der Waals surface area (Å²) in [5, 5.41) is 13.2. The molecule has 0 amide bonds. The van der Waals surface area contributed by atoms with Crippen molar-refractivity contribution >= 4 is 189 Å². The Morgan fingerprint density at radius 1 is 0.252 bits per heavy atom. The molecule has 0 N–H and O–H groups in total. The van der Waals surface area contributed by atoms with E-state index in [1.165, 1.54) is 43.6 Å². The molecule has 115 heavy (non-hydrogen) atoms. The SMILES string of the molecule is CC(C)(C)c1cc2c3c(c1)N(c1c(-c4cccc5c4oc4ccccc45)ccc4oc5ccccc5c14)c1cc(-c4ccc(-n5c6ccccc6c6ccccc65)cc4)ccc1B3c1ccc(-c3ccc(-n4c5ccccc5c5ccccc54)cc3)cc1N2c1c(-c2cccc3c2oc2ccccc23)ccc2oc3ccccc3c12. The minimum atomic E-state index is -0.410. The maximum Gasteiger partial charge on any atom is 0.252 e. The number of furan rings is 4. The number of benzene rings is 17. The summed E-state index contributed by atoms with van der Waals surface area (Å²) in [5.41, 5.74) is 32.1. The molecule has 538 valence electrons. The Morgan fingerprint density at radius 2 is 0.591 bits per heavy atom. The number of para-hydroxylation sites is 10. The van der Waals surface area contributed by atoms with Crippen LogP contribution >= 0.6 is 0 Å². The van der Waals surface area contributed by atoms with Crippen LogP contribution in [0.25, 0.3) is 187 Å². The van der Waals surface area contributed by atoms with Crippen molar-refractivity contribution in [1.29, 1.82) is 0 Å². The van der Waals surface area contributed by atoms with Gasteiger partial charge in [0.2, 0.25) is 0 Å². The molecule has 8 nitrogen and oxygen atoms in total. The topological polar surface area (TPSA) is 68.9 Å². The predicted octanol–water partition coefficient (Wildman–Crippen LogP) is 27.5. The average Bonchev–Trinajstić information content (AvgIpc) is 1.29. The number of fused-ring (bicyclic) bond motifs is 22. The number of hydrogen-bond donors (Lipinski definition) is 0. The molecule has 9 heteroatoms. The van der Waals surface area contributed by atoms with Gasteiger partial charge in [-0.25, -0.2) is 0 Å². The van der Waals surface area contributed by atoms with Crippen LogP contribution in [0.5, 0.6) is 0 Å². The van der Waals surface area contributed by atoms with Crippen LogP contribution in [0.1, 0.15) is 26.3 Å². The van der Waals surface area contributed by atoms with E-state index in [-0.39, 0.29) is 6.71 Å². The highest BCUT2D eigenvalue weighted by atomic mass is 16.3. The second kappa shape index (κ2) is 23.9. The quantitative estimate of drug-likeness (QED) is 0.141. The smallest absolute Gasteiger partial charge is 0.252 e. The van der Waals surface area contributed by atoms with Crippen molar-refractivity contribution in [3.8, 4) is 55.9 Å². The van der Waals surface area contributed by atoms with Crippen molar-refractivity contribution in [3.05, 3.63) is 357 Å². The normalized spacial score (nSPS) is 12.9. The van der Waals surface area contributed by atoms with Crippen LogP contribution in [0.15, 0.2) is 370 Å². The van der Waals surface area contributed by atoms with Gasteiger partial charge in [-0.1, -0.05) is 251 Å². The van der Waals surface area contributed by atoms with Gasteiger partial charge in [0.25, 0.3) is 6.71 Å². The first-order valence-corrected chi connectivity index (χ1v) is 39.6. The van der Waals surface area contributed by atoms with Crippen molar-refractivity contribution in [1.82, 2.24) is 9.13 Å². The Hall–Kier alpha value is -14.8. The fourth-order valence-electron chi connectivity index (χ4n) is 19.7. The molecule has 0 radical (unpaired) electrons. The van der Waals surface area contributed by atoms with Gasteiger partial charge < -0.3 is 36.6 Å². The van der Waals surface area contributed by atoms with Crippen molar-refractivity contribution in [2.24, 2.45) is 0 Å². The third-order valence-electron chi connectivity index (χ3n) is 24.9. The fraction of sp³-hybridized carbons (Fsp3) is 0.0377. The molecule has 25 rings (SSSR count). The standard InChI is InChI=1S/C106H67BN4O4/c1-106(2,3)66-60-91-101-92(61-66)111(103-76(53-57-98-100(103)82-29-11-19-41-96(82)113-98)80-33-21-31-78-74-27-9-17-39-94(74)115-105(78)80)90-59-65(63-44-50-68(51-45-63)109-87-36-14-6-24-71(87)72-25-7-15-37-88(72)109)47-55-84(90)107(101)83-54-46-64(62-42-48-67(49-43-62)108-85-34-12-4-22-69(85)70-23-5-13-35-86(70)108)58-89(83)110(91)102-75(52-56-97-99(102)81-28-10-18-40-95(81)112-97)79-32-20-30-77-73-26-8-16-38-93(73)114-104(77)79/h4-61H,1-3H3. The zero-order valence-corrected chi connectivity index (χ0v) is 63.0. The number of anilines is 6. The van der Waals surface area contributed by atoms with Gasteiger partial charge in [0.05, 0.1) is 44.2 Å².